The largest absolute Gasteiger partial charge is 0.463 e. The Kier molecular flexibility index (Phi) is 3.74. The minimum Gasteiger partial charge on any atom is -0.463 e. The summed E-state index contributed by atoms with van der Waals surface area (Å²) in [4.78, 5) is 12.4. The molecule has 1 aliphatic heterocycles. The molecule has 2 aliphatic rings. The lowest BCUT2D eigenvalue weighted by Crippen LogP contribution is -2.32. The van der Waals surface area contributed by atoms with Crippen LogP contribution in [0, 0.1) is 5.92 Å². The third-order valence-electron chi connectivity index (χ3n) is 4.34. The molecule has 1 saturated carbocycles. The van der Waals surface area contributed by atoms with Crippen LogP contribution in [0.4, 0.5) is 10.2 Å². The Labute approximate surface area is 136 Å². The molecule has 9 nitrogen and oxygen atoms in total. The van der Waals surface area contributed by atoms with Gasteiger partial charge in [0.2, 0.25) is 0 Å². The lowest BCUT2D eigenvalue weighted by molar-refractivity contribution is -0.0409. The molecule has 2 fully saturated rings. The number of aliphatic hydroxyl groups excluding tert-OH is 2. The number of nitrogens with two attached hydrogens (primary N) is 1. The fourth-order valence-electron chi connectivity index (χ4n) is 2.73. The molecule has 1 aliphatic carbocycles. The van der Waals surface area contributed by atoms with Crippen LogP contribution >= 0.6 is 0 Å². The summed E-state index contributed by atoms with van der Waals surface area (Å²) in [5.74, 6) is 0.663. The Hall–Kier alpha value is -2.04. The molecule has 1 saturated heterocycles. The van der Waals surface area contributed by atoms with Gasteiger partial charge in [0.15, 0.2) is 23.2 Å². The van der Waals surface area contributed by atoms with Crippen LogP contribution in [0.15, 0.2) is 6.33 Å². The van der Waals surface area contributed by atoms with Gasteiger partial charge in [-0.15, -0.1) is 0 Å². The van der Waals surface area contributed by atoms with E-state index in [1.165, 1.54) is 10.9 Å². The van der Waals surface area contributed by atoms with E-state index in [1.807, 2.05) is 0 Å². The predicted octanol–water partition coefficient (Wildman–Crippen LogP) is -0.214. The van der Waals surface area contributed by atoms with Crippen molar-refractivity contribution < 1.29 is 24.1 Å². The predicted molar refractivity (Wildman–Crippen MR) is 79.9 cm³/mol. The minimum atomic E-state index is -1.33. The molecule has 0 bridgehead atoms. The highest BCUT2D eigenvalue weighted by molar-refractivity contribution is 5.82. The maximum atomic E-state index is 12.9. The Morgan fingerprint density at radius 3 is 2.79 bits per heavy atom. The highest BCUT2D eigenvalue weighted by Crippen LogP contribution is 2.33. The van der Waals surface area contributed by atoms with Crippen LogP contribution in [-0.4, -0.2) is 61.3 Å². The molecule has 2 aromatic heterocycles. The summed E-state index contributed by atoms with van der Waals surface area (Å²) in [6.07, 6.45) is -1.15. The number of hydrogen-bond acceptors (Lipinski definition) is 8. The van der Waals surface area contributed by atoms with Crippen molar-refractivity contribution in [2.24, 2.45) is 5.92 Å². The standard InChI is InChI=1S/C14H18FN5O4/c15-3-7-9(21)10(22)13(24-7)20-5-17-8-11(16)18-14(19-12(8)20)23-4-6-1-2-6/h5-7,9-10,13,21-22H,1-4H2,(H2,16,18,19)/t7-,9-,10-,13-/m1/s1. The number of imidazole rings is 1. The lowest BCUT2D eigenvalue weighted by Gasteiger charge is -2.16. The normalized spacial score (nSPS) is 30.1. The van der Waals surface area contributed by atoms with Crippen molar-refractivity contribution in [1.82, 2.24) is 19.5 Å². The van der Waals surface area contributed by atoms with Crippen LogP contribution in [0.5, 0.6) is 6.01 Å². The zero-order valence-electron chi connectivity index (χ0n) is 12.7. The van der Waals surface area contributed by atoms with Gasteiger partial charge in [-0.2, -0.15) is 9.97 Å². The molecule has 0 aromatic carbocycles. The molecule has 0 amide bonds. The van der Waals surface area contributed by atoms with Gasteiger partial charge in [-0.25, -0.2) is 9.37 Å². The first kappa shape index (κ1) is 15.5. The number of nitrogens with zero attached hydrogens (tertiary/aromatic N) is 4. The van der Waals surface area contributed by atoms with Crippen LogP contribution in [-0.2, 0) is 4.74 Å². The number of aromatic nitrogens is 4. The maximum absolute atomic E-state index is 12.9. The van der Waals surface area contributed by atoms with E-state index in [0.29, 0.717) is 23.7 Å². The van der Waals surface area contributed by atoms with Crippen LogP contribution in [0.2, 0.25) is 0 Å². The third-order valence-corrected chi connectivity index (χ3v) is 4.34. The number of hydrogen-bond donors (Lipinski definition) is 3. The first-order chi connectivity index (χ1) is 11.6. The Bertz CT molecular complexity index is 752. The van der Waals surface area contributed by atoms with E-state index in [9.17, 15) is 14.6 Å². The van der Waals surface area contributed by atoms with Crippen molar-refractivity contribution in [2.75, 3.05) is 19.0 Å². The van der Waals surface area contributed by atoms with Gasteiger partial charge in [-0.3, -0.25) is 4.57 Å². The molecular formula is C14H18FN5O4. The smallest absolute Gasteiger partial charge is 0.320 e. The molecule has 3 heterocycles. The van der Waals surface area contributed by atoms with Gasteiger partial charge in [0.25, 0.3) is 0 Å². The minimum absolute atomic E-state index is 0.115. The first-order valence-corrected chi connectivity index (χ1v) is 7.79. The number of ether oxygens (including phenoxy) is 2. The first-order valence-electron chi connectivity index (χ1n) is 7.79. The zero-order chi connectivity index (χ0) is 16.8. The van der Waals surface area contributed by atoms with Crippen molar-refractivity contribution >= 4 is 17.0 Å². The summed E-state index contributed by atoms with van der Waals surface area (Å²) in [5, 5.41) is 19.9. The summed E-state index contributed by atoms with van der Waals surface area (Å²) in [5.41, 5.74) is 6.50. The van der Waals surface area contributed by atoms with E-state index < -0.39 is 31.2 Å². The number of nitrogen functional groups attached to an aromatic ring is 1. The quantitative estimate of drug-likeness (QED) is 0.682. The topological polar surface area (TPSA) is 129 Å². The van der Waals surface area contributed by atoms with Crippen molar-refractivity contribution in [2.45, 2.75) is 37.4 Å². The summed E-state index contributed by atoms with van der Waals surface area (Å²) in [7, 11) is 0. The number of aliphatic hydroxyl groups is 2. The van der Waals surface area contributed by atoms with Gasteiger partial charge in [0.1, 0.15) is 25.0 Å². The van der Waals surface area contributed by atoms with Crippen molar-refractivity contribution in [3.8, 4) is 6.01 Å². The summed E-state index contributed by atoms with van der Waals surface area (Å²) in [6, 6.07) is 0.115. The summed E-state index contributed by atoms with van der Waals surface area (Å²) in [6.45, 7) is -0.390. The zero-order valence-corrected chi connectivity index (χ0v) is 12.7. The second kappa shape index (κ2) is 5.80. The molecule has 0 radical (unpaired) electrons. The Balaban J connectivity index is 1.67. The summed E-state index contributed by atoms with van der Waals surface area (Å²) < 4.78 is 25.2. The number of alkyl halides is 1. The molecule has 24 heavy (non-hydrogen) atoms. The summed E-state index contributed by atoms with van der Waals surface area (Å²) >= 11 is 0. The average molecular weight is 339 g/mol. The van der Waals surface area contributed by atoms with E-state index in [0.717, 1.165) is 12.8 Å². The van der Waals surface area contributed by atoms with E-state index in [4.69, 9.17) is 15.2 Å². The van der Waals surface area contributed by atoms with Gasteiger partial charge in [0.05, 0.1) is 12.9 Å². The fraction of sp³-hybridized carbons (Fsp3) is 0.643. The monoisotopic (exact) mass is 339 g/mol. The highest BCUT2D eigenvalue weighted by Gasteiger charge is 2.44. The van der Waals surface area contributed by atoms with Gasteiger partial charge >= 0.3 is 6.01 Å². The van der Waals surface area contributed by atoms with Crippen molar-refractivity contribution in [3.05, 3.63) is 6.33 Å². The SMILES string of the molecule is Nc1nc(OCC2CC2)nc2c1ncn2[C@@H]1O[C@H](CF)[C@@H](O)[C@H]1O. The van der Waals surface area contributed by atoms with Crippen LogP contribution < -0.4 is 10.5 Å². The maximum Gasteiger partial charge on any atom is 0.320 e. The third kappa shape index (κ3) is 2.56. The number of anilines is 1. The van der Waals surface area contributed by atoms with Crippen molar-refractivity contribution in [3.63, 3.8) is 0 Å². The van der Waals surface area contributed by atoms with Gasteiger partial charge in [-0.1, -0.05) is 0 Å². The molecule has 0 unspecified atom stereocenters. The molecule has 10 heteroatoms. The second-order valence-corrected chi connectivity index (χ2v) is 6.17. The molecule has 130 valence electrons. The van der Waals surface area contributed by atoms with Gasteiger partial charge < -0.3 is 25.4 Å². The van der Waals surface area contributed by atoms with Crippen LogP contribution in [0.25, 0.3) is 11.2 Å². The van der Waals surface area contributed by atoms with Gasteiger partial charge in [-0.05, 0) is 18.8 Å². The number of halogens is 1. The number of rotatable bonds is 5. The second-order valence-electron chi connectivity index (χ2n) is 6.17. The van der Waals surface area contributed by atoms with E-state index in [-0.39, 0.29) is 11.8 Å². The fourth-order valence-corrected chi connectivity index (χ4v) is 2.73. The Morgan fingerprint density at radius 1 is 1.33 bits per heavy atom. The van der Waals surface area contributed by atoms with E-state index in [1.54, 1.807) is 0 Å². The molecule has 4 rings (SSSR count). The molecule has 4 atom stereocenters. The molecule has 2 aromatic rings. The number of fused-ring (bicyclic) bond motifs is 1. The highest BCUT2D eigenvalue weighted by atomic mass is 19.1. The molecular weight excluding hydrogens is 321 g/mol. The Morgan fingerprint density at radius 2 is 2.12 bits per heavy atom. The molecule has 0 spiro atoms. The van der Waals surface area contributed by atoms with E-state index >= 15 is 0 Å². The van der Waals surface area contributed by atoms with Crippen LogP contribution in [0.3, 0.4) is 0 Å². The van der Waals surface area contributed by atoms with Gasteiger partial charge in [0, 0.05) is 0 Å². The average Bonchev–Trinajstić information content (AvgIpc) is 3.24. The van der Waals surface area contributed by atoms with Crippen LogP contribution in [0.1, 0.15) is 19.1 Å². The van der Waals surface area contributed by atoms with Crippen molar-refractivity contribution in [1.29, 1.82) is 0 Å². The molecule has 4 N–H and O–H groups in total. The lowest BCUT2D eigenvalue weighted by atomic mass is 10.1. The van der Waals surface area contributed by atoms with E-state index in [2.05, 4.69) is 15.0 Å².